The molecule has 0 saturated heterocycles. The number of ether oxygens (including phenoxy) is 1. The molecule has 5 heteroatoms. The third-order valence-electron chi connectivity index (χ3n) is 0.787. The van der Waals surface area contributed by atoms with Crippen LogP contribution < -0.4 is 0 Å². The fraction of sp³-hybridized carbons (Fsp3) is 0.800. The second-order valence-corrected chi connectivity index (χ2v) is 4.29. The van der Waals surface area contributed by atoms with E-state index in [-0.39, 0.29) is 5.75 Å². The maximum absolute atomic E-state index is 10.5. The summed E-state index contributed by atoms with van der Waals surface area (Å²) in [6, 6.07) is 0. The Morgan fingerprint density at radius 3 is 2.40 bits per heavy atom. The minimum absolute atomic E-state index is 0.151. The Balaban J connectivity index is 3.80. The topological polar surface area (TPSA) is 60.4 Å². The van der Waals surface area contributed by atoms with Crippen LogP contribution in [0.15, 0.2) is 0 Å². The number of rotatable bonds is 4. The van der Waals surface area contributed by atoms with Crippen LogP contribution in [0.1, 0.15) is 6.92 Å². The van der Waals surface area contributed by atoms with E-state index in [0.29, 0.717) is 0 Å². The molecule has 0 aromatic carbocycles. The van der Waals surface area contributed by atoms with E-state index in [9.17, 15) is 13.2 Å². The van der Waals surface area contributed by atoms with E-state index >= 15 is 0 Å². The summed E-state index contributed by atoms with van der Waals surface area (Å²) in [7, 11) is -3.05. The number of sulfone groups is 1. The molecule has 4 nitrogen and oxygen atoms in total. The third-order valence-corrected chi connectivity index (χ3v) is 1.86. The van der Waals surface area contributed by atoms with Crippen molar-refractivity contribution in [2.75, 3.05) is 12.0 Å². The first kappa shape index (κ1) is 9.42. The molecule has 0 fully saturated rings. The van der Waals surface area contributed by atoms with Gasteiger partial charge in [-0.05, 0) is 6.92 Å². The summed E-state index contributed by atoms with van der Waals surface area (Å²) in [4.78, 5) is 9.56. The molecule has 0 aromatic rings. The zero-order valence-electron chi connectivity index (χ0n) is 5.83. The zero-order chi connectivity index (χ0) is 8.20. The average Bonchev–Trinajstić information content (AvgIpc) is 1.59. The monoisotopic (exact) mass is 165 g/mol. The van der Waals surface area contributed by atoms with Gasteiger partial charge in [-0.15, -0.1) is 0 Å². The van der Waals surface area contributed by atoms with Gasteiger partial charge < -0.3 is 4.74 Å². The van der Waals surface area contributed by atoms with E-state index in [1.807, 2.05) is 0 Å². The van der Waals surface area contributed by atoms with Gasteiger partial charge in [0, 0.05) is 6.26 Å². The molecule has 0 N–H and O–H groups in total. The smallest absolute Gasteiger partial charge is 0.417 e. The minimum Gasteiger partial charge on any atom is -0.453 e. The van der Waals surface area contributed by atoms with Crippen molar-refractivity contribution in [1.29, 1.82) is 0 Å². The van der Waals surface area contributed by atoms with E-state index in [0.717, 1.165) is 6.26 Å². The summed E-state index contributed by atoms with van der Waals surface area (Å²) in [5, 5.41) is 0. The molecule has 0 bridgehead atoms. The molecule has 0 aliphatic rings. The summed E-state index contributed by atoms with van der Waals surface area (Å²) in [5.41, 5.74) is 0. The highest BCUT2D eigenvalue weighted by atomic mass is 32.2. The van der Waals surface area contributed by atoms with E-state index in [4.69, 9.17) is 0 Å². The second-order valence-electron chi connectivity index (χ2n) is 2.10. The van der Waals surface area contributed by atoms with Gasteiger partial charge in [-0.1, -0.05) is 0 Å². The average molecular weight is 165 g/mol. The Morgan fingerprint density at radius 1 is 1.60 bits per heavy atom. The van der Waals surface area contributed by atoms with Crippen LogP contribution in [0.3, 0.4) is 0 Å². The first-order chi connectivity index (χ1) is 4.45. The molecule has 1 unspecified atom stereocenters. The van der Waals surface area contributed by atoms with E-state index < -0.39 is 15.9 Å². The Bertz CT molecular complexity index is 194. The summed E-state index contributed by atoms with van der Waals surface area (Å²) in [5.74, 6) is -0.151. The lowest BCUT2D eigenvalue weighted by molar-refractivity contribution is 0.214. The van der Waals surface area contributed by atoms with Gasteiger partial charge in [0.1, 0.15) is 6.10 Å². The second kappa shape index (κ2) is 3.55. The van der Waals surface area contributed by atoms with Gasteiger partial charge in [0.25, 0.3) is 0 Å². The van der Waals surface area contributed by atoms with Crippen molar-refractivity contribution < 1.29 is 17.9 Å². The lowest BCUT2D eigenvalue weighted by atomic mass is 10.5. The fourth-order valence-corrected chi connectivity index (χ4v) is 1.46. The lowest BCUT2D eigenvalue weighted by Crippen LogP contribution is -2.19. The molecule has 0 rings (SSSR count). The molecule has 1 radical (unpaired) electrons. The summed E-state index contributed by atoms with van der Waals surface area (Å²) < 4.78 is 25.2. The van der Waals surface area contributed by atoms with Crippen LogP contribution >= 0.6 is 0 Å². The van der Waals surface area contributed by atoms with Crippen molar-refractivity contribution in [3.05, 3.63) is 0 Å². The Labute approximate surface area is 60.1 Å². The Kier molecular flexibility index (Phi) is 3.35. The molecule has 0 aromatic heterocycles. The number of carbonyl (C=O) groups excluding carboxylic acids is 1. The first-order valence-corrected chi connectivity index (χ1v) is 4.72. The van der Waals surface area contributed by atoms with Gasteiger partial charge >= 0.3 is 6.47 Å². The van der Waals surface area contributed by atoms with Crippen molar-refractivity contribution in [2.45, 2.75) is 13.0 Å². The van der Waals surface area contributed by atoms with E-state index in [2.05, 4.69) is 4.74 Å². The maximum atomic E-state index is 10.5. The van der Waals surface area contributed by atoms with Gasteiger partial charge in [-0.25, -0.2) is 13.2 Å². The standard InChI is InChI=1S/C5H9O4S/c1-5(9-4-6)3-10(2,7)8/h5H,3H2,1-2H3. The van der Waals surface area contributed by atoms with Gasteiger partial charge in [0.05, 0.1) is 5.75 Å². The summed E-state index contributed by atoms with van der Waals surface area (Å²) in [6.45, 7) is 2.67. The van der Waals surface area contributed by atoms with Crippen LogP contribution in [-0.4, -0.2) is 33.0 Å². The van der Waals surface area contributed by atoms with Crippen molar-refractivity contribution >= 4 is 16.3 Å². The molecule has 0 spiro atoms. The zero-order valence-corrected chi connectivity index (χ0v) is 6.64. The van der Waals surface area contributed by atoms with Gasteiger partial charge in [0.15, 0.2) is 9.84 Å². The maximum Gasteiger partial charge on any atom is 0.417 e. The van der Waals surface area contributed by atoms with E-state index in [1.165, 1.54) is 13.4 Å². The summed E-state index contributed by atoms with van der Waals surface area (Å²) >= 11 is 0. The fourth-order valence-electron chi connectivity index (χ4n) is 0.543. The van der Waals surface area contributed by atoms with E-state index in [1.54, 1.807) is 0 Å². The van der Waals surface area contributed by atoms with Crippen molar-refractivity contribution in [3.8, 4) is 0 Å². The Hall–Kier alpha value is -0.580. The normalized spacial score (nSPS) is 14.2. The van der Waals surface area contributed by atoms with Crippen LogP contribution in [0.4, 0.5) is 0 Å². The summed E-state index contributed by atoms with van der Waals surface area (Å²) in [6.07, 6.45) is 0.477. The van der Waals surface area contributed by atoms with Gasteiger partial charge in [-0.3, -0.25) is 0 Å². The van der Waals surface area contributed by atoms with Crippen LogP contribution in [-0.2, 0) is 19.4 Å². The molecule has 59 valence electrons. The molecule has 1 atom stereocenters. The predicted octanol–water partition coefficient (Wildman–Crippen LogP) is -0.497. The molecule has 0 saturated carbocycles. The lowest BCUT2D eigenvalue weighted by Gasteiger charge is -2.04. The molecule has 0 amide bonds. The van der Waals surface area contributed by atoms with Crippen LogP contribution in [0.5, 0.6) is 0 Å². The Morgan fingerprint density at radius 2 is 2.10 bits per heavy atom. The first-order valence-electron chi connectivity index (χ1n) is 2.66. The van der Waals surface area contributed by atoms with Crippen LogP contribution in [0.25, 0.3) is 0 Å². The van der Waals surface area contributed by atoms with Crippen LogP contribution in [0, 0.1) is 0 Å². The minimum atomic E-state index is -3.05. The molecular weight excluding hydrogens is 156 g/mol. The number of hydrogen-bond donors (Lipinski definition) is 0. The molecule has 0 aliphatic heterocycles. The third kappa shape index (κ3) is 5.55. The SMILES string of the molecule is CC(CS(C)(=O)=O)O[C]=O. The molecule has 0 heterocycles. The highest BCUT2D eigenvalue weighted by molar-refractivity contribution is 7.90. The molecule has 0 aliphatic carbocycles. The largest absolute Gasteiger partial charge is 0.453 e. The quantitative estimate of drug-likeness (QED) is 0.563. The predicted molar refractivity (Wildman–Crippen MR) is 36.0 cm³/mol. The molecule has 10 heavy (non-hydrogen) atoms. The highest BCUT2D eigenvalue weighted by Crippen LogP contribution is 1.92. The van der Waals surface area contributed by atoms with Crippen molar-refractivity contribution in [1.82, 2.24) is 0 Å². The van der Waals surface area contributed by atoms with Crippen molar-refractivity contribution in [3.63, 3.8) is 0 Å². The van der Waals surface area contributed by atoms with Gasteiger partial charge in [-0.2, -0.15) is 0 Å². The molecular formula is C5H9O4S. The van der Waals surface area contributed by atoms with Crippen molar-refractivity contribution in [2.24, 2.45) is 0 Å². The van der Waals surface area contributed by atoms with Crippen LogP contribution in [0.2, 0.25) is 0 Å². The van der Waals surface area contributed by atoms with Gasteiger partial charge in [0.2, 0.25) is 0 Å². The highest BCUT2D eigenvalue weighted by Gasteiger charge is 2.10. The number of hydrogen-bond acceptors (Lipinski definition) is 4.